The van der Waals surface area contributed by atoms with Crippen molar-refractivity contribution < 1.29 is 9.53 Å². The first kappa shape index (κ1) is 21.4. The second-order valence-electron chi connectivity index (χ2n) is 7.55. The number of carbonyl (C=O) groups excluding carboxylic acids is 1. The Balaban J connectivity index is 1.45. The molecule has 2 heterocycles. The minimum atomic E-state index is 0.00427. The molecule has 1 aromatic heterocycles. The molecule has 3 aromatic rings. The summed E-state index contributed by atoms with van der Waals surface area (Å²) in [5.74, 6) is 1.73. The van der Waals surface area contributed by atoms with E-state index in [-0.39, 0.29) is 11.9 Å². The maximum absolute atomic E-state index is 12.9. The molecule has 1 fully saturated rings. The molecule has 0 unspecified atom stereocenters. The number of halogens is 2. The van der Waals surface area contributed by atoms with Crippen molar-refractivity contribution in [2.24, 2.45) is 0 Å². The Morgan fingerprint density at radius 1 is 1.06 bits per heavy atom. The first-order chi connectivity index (χ1) is 14.9. The lowest BCUT2D eigenvalue weighted by Crippen LogP contribution is -2.54. The molecule has 2 aromatic carbocycles. The Labute approximate surface area is 191 Å². The van der Waals surface area contributed by atoms with Gasteiger partial charge < -0.3 is 14.5 Å². The zero-order valence-corrected chi connectivity index (χ0v) is 18.8. The fraction of sp³-hybridized carbons (Fsp3) is 0.261. The van der Waals surface area contributed by atoms with Crippen molar-refractivity contribution in [3.63, 3.8) is 0 Å². The van der Waals surface area contributed by atoms with Gasteiger partial charge in [0.2, 0.25) is 5.88 Å². The summed E-state index contributed by atoms with van der Waals surface area (Å²) < 4.78 is 5.89. The smallest absolute Gasteiger partial charge is 0.254 e. The Bertz CT molecular complexity index is 1090. The van der Waals surface area contributed by atoms with Crippen LogP contribution in [0.2, 0.25) is 10.0 Å². The topological polar surface area (TPSA) is 58.6 Å². The summed E-state index contributed by atoms with van der Waals surface area (Å²) in [5.41, 5.74) is 1.68. The minimum absolute atomic E-state index is 0.00427. The highest BCUT2D eigenvalue weighted by molar-refractivity contribution is 6.32. The quantitative estimate of drug-likeness (QED) is 0.537. The largest absolute Gasteiger partial charge is 0.437 e. The maximum Gasteiger partial charge on any atom is 0.254 e. The van der Waals surface area contributed by atoms with Gasteiger partial charge in [0.05, 0.1) is 5.02 Å². The molecule has 1 amide bonds. The summed E-state index contributed by atoms with van der Waals surface area (Å²) in [7, 11) is 0. The molecule has 1 atom stereocenters. The van der Waals surface area contributed by atoms with E-state index in [2.05, 4.69) is 14.9 Å². The van der Waals surface area contributed by atoms with Crippen LogP contribution < -0.4 is 9.64 Å². The summed E-state index contributed by atoms with van der Waals surface area (Å²) in [4.78, 5) is 25.5. The number of aryl methyl sites for hydroxylation is 1. The molecule has 1 aliphatic heterocycles. The molecular formula is C23H22Cl2N4O2. The molecular weight excluding hydrogens is 435 g/mol. The molecule has 0 radical (unpaired) electrons. The fourth-order valence-electron chi connectivity index (χ4n) is 3.59. The second kappa shape index (κ2) is 9.12. The van der Waals surface area contributed by atoms with Crippen molar-refractivity contribution in [3.05, 3.63) is 76.0 Å². The molecule has 0 saturated carbocycles. The third-order valence-corrected chi connectivity index (χ3v) is 5.80. The summed E-state index contributed by atoms with van der Waals surface area (Å²) in [6.45, 7) is 5.91. The van der Waals surface area contributed by atoms with Gasteiger partial charge in [-0.15, -0.1) is 0 Å². The summed E-state index contributed by atoms with van der Waals surface area (Å²) in [6, 6.07) is 14.4. The van der Waals surface area contributed by atoms with E-state index < -0.39 is 0 Å². The van der Waals surface area contributed by atoms with Crippen molar-refractivity contribution in [2.75, 3.05) is 24.5 Å². The van der Waals surface area contributed by atoms with Crippen LogP contribution in [0.4, 0.5) is 5.82 Å². The molecule has 160 valence electrons. The molecule has 0 bridgehead atoms. The number of amides is 1. The van der Waals surface area contributed by atoms with Crippen LogP contribution in [-0.4, -0.2) is 46.5 Å². The number of aromatic nitrogens is 2. The summed E-state index contributed by atoms with van der Waals surface area (Å²) in [5, 5.41) is 1.14. The standard InChI is InChI=1S/C23H22Cl2N4O2/c1-15-3-8-19(25)20(11-15)31-22-12-21(26-14-27-22)28-9-10-29(16(2)13-28)23(30)17-4-6-18(24)7-5-17/h3-8,11-12,14,16H,9-10,13H2,1-2H3/t16-/m0/s1. The molecule has 1 aliphatic rings. The van der Waals surface area contributed by atoms with Gasteiger partial charge >= 0.3 is 0 Å². The van der Waals surface area contributed by atoms with Gasteiger partial charge in [-0.3, -0.25) is 4.79 Å². The highest BCUT2D eigenvalue weighted by atomic mass is 35.5. The van der Waals surface area contributed by atoms with Gasteiger partial charge in [0.15, 0.2) is 0 Å². The van der Waals surface area contributed by atoms with E-state index >= 15 is 0 Å². The highest BCUT2D eigenvalue weighted by Gasteiger charge is 2.29. The monoisotopic (exact) mass is 456 g/mol. The van der Waals surface area contributed by atoms with E-state index in [9.17, 15) is 4.79 Å². The molecule has 1 saturated heterocycles. The predicted octanol–water partition coefficient (Wildman–Crippen LogP) is 5.24. The maximum atomic E-state index is 12.9. The predicted molar refractivity (Wildman–Crippen MR) is 122 cm³/mol. The van der Waals surface area contributed by atoms with Crippen LogP contribution in [0.1, 0.15) is 22.8 Å². The second-order valence-corrected chi connectivity index (χ2v) is 8.39. The number of benzene rings is 2. The first-order valence-electron chi connectivity index (χ1n) is 9.98. The van der Waals surface area contributed by atoms with E-state index in [4.69, 9.17) is 27.9 Å². The molecule has 8 heteroatoms. The third kappa shape index (κ3) is 4.92. The zero-order valence-electron chi connectivity index (χ0n) is 17.3. The number of hydrogen-bond acceptors (Lipinski definition) is 5. The number of hydrogen-bond donors (Lipinski definition) is 0. The van der Waals surface area contributed by atoms with Crippen molar-refractivity contribution in [1.29, 1.82) is 0 Å². The van der Waals surface area contributed by atoms with Crippen LogP contribution in [0.5, 0.6) is 11.6 Å². The minimum Gasteiger partial charge on any atom is -0.437 e. The van der Waals surface area contributed by atoms with Crippen molar-refractivity contribution in [1.82, 2.24) is 14.9 Å². The zero-order chi connectivity index (χ0) is 22.0. The van der Waals surface area contributed by atoms with Crippen molar-refractivity contribution >= 4 is 34.9 Å². The number of piperazine rings is 1. The normalized spacial score (nSPS) is 16.3. The van der Waals surface area contributed by atoms with E-state index in [1.807, 2.05) is 30.9 Å². The van der Waals surface area contributed by atoms with Gasteiger partial charge in [-0.05, 0) is 55.8 Å². The van der Waals surface area contributed by atoms with Crippen LogP contribution in [-0.2, 0) is 0 Å². The Morgan fingerprint density at radius 2 is 1.84 bits per heavy atom. The van der Waals surface area contributed by atoms with Gasteiger partial charge in [0, 0.05) is 42.3 Å². The fourth-order valence-corrected chi connectivity index (χ4v) is 3.87. The number of carbonyl (C=O) groups is 1. The lowest BCUT2D eigenvalue weighted by molar-refractivity contribution is 0.0673. The molecule has 0 N–H and O–H groups in total. The van der Waals surface area contributed by atoms with Gasteiger partial charge in [-0.25, -0.2) is 9.97 Å². The number of nitrogens with zero attached hydrogens (tertiary/aromatic N) is 4. The number of rotatable bonds is 4. The van der Waals surface area contributed by atoms with Crippen LogP contribution in [0.25, 0.3) is 0 Å². The van der Waals surface area contributed by atoms with Gasteiger partial charge in [0.25, 0.3) is 5.91 Å². The SMILES string of the molecule is Cc1ccc(Cl)c(Oc2cc(N3CCN(C(=O)c4ccc(Cl)cc4)[C@@H](C)C3)ncn2)c1. The third-order valence-electron chi connectivity index (χ3n) is 5.23. The molecule has 31 heavy (non-hydrogen) atoms. The van der Waals surface area contributed by atoms with Crippen molar-refractivity contribution in [3.8, 4) is 11.6 Å². The van der Waals surface area contributed by atoms with Crippen molar-refractivity contribution in [2.45, 2.75) is 19.9 Å². The average Bonchev–Trinajstić information content (AvgIpc) is 2.76. The lowest BCUT2D eigenvalue weighted by atomic mass is 10.1. The van der Waals surface area contributed by atoms with Crippen LogP contribution in [0.3, 0.4) is 0 Å². The summed E-state index contributed by atoms with van der Waals surface area (Å²) >= 11 is 12.2. The molecule has 6 nitrogen and oxygen atoms in total. The highest BCUT2D eigenvalue weighted by Crippen LogP contribution is 2.30. The van der Waals surface area contributed by atoms with Gasteiger partial charge in [0.1, 0.15) is 17.9 Å². The van der Waals surface area contributed by atoms with E-state index in [0.29, 0.717) is 46.9 Å². The van der Waals surface area contributed by atoms with E-state index in [1.165, 1.54) is 6.33 Å². The number of anilines is 1. The average molecular weight is 457 g/mol. The van der Waals surface area contributed by atoms with Gasteiger partial charge in [-0.2, -0.15) is 0 Å². The summed E-state index contributed by atoms with van der Waals surface area (Å²) in [6.07, 6.45) is 1.48. The van der Waals surface area contributed by atoms with Crippen LogP contribution in [0.15, 0.2) is 54.9 Å². The van der Waals surface area contributed by atoms with E-state index in [1.54, 1.807) is 36.4 Å². The lowest BCUT2D eigenvalue weighted by Gasteiger charge is -2.40. The van der Waals surface area contributed by atoms with Crippen LogP contribution in [0, 0.1) is 6.92 Å². The Morgan fingerprint density at radius 3 is 2.58 bits per heavy atom. The molecule has 0 aliphatic carbocycles. The Kier molecular flexibility index (Phi) is 6.30. The van der Waals surface area contributed by atoms with Crippen LogP contribution >= 0.6 is 23.2 Å². The molecule has 4 rings (SSSR count). The van der Waals surface area contributed by atoms with Gasteiger partial charge in [-0.1, -0.05) is 29.3 Å². The van der Waals surface area contributed by atoms with E-state index in [0.717, 1.165) is 11.4 Å². The first-order valence-corrected chi connectivity index (χ1v) is 10.7. The number of ether oxygens (including phenoxy) is 1. The Hall–Kier alpha value is -2.83. The molecule has 0 spiro atoms.